The molecule has 0 saturated carbocycles. The van der Waals surface area contributed by atoms with Crippen LogP contribution in [0.2, 0.25) is 0 Å². The van der Waals surface area contributed by atoms with Crippen molar-refractivity contribution in [3.05, 3.63) is 54.1 Å². The number of anilines is 1. The first-order chi connectivity index (χ1) is 12.1. The standard InChI is InChI=1S/C19H23FN4O/c1-14(16-6-3-4-7-17(16)20)23(2)18(25)15-8-12-24(13-9-15)19-21-10-5-11-22-19/h3-7,10-11,14-15H,8-9,12-13H2,1-2H3. The second-order valence-corrected chi connectivity index (χ2v) is 6.46. The van der Waals surface area contributed by atoms with Crippen LogP contribution in [-0.4, -0.2) is 40.9 Å². The van der Waals surface area contributed by atoms with Crippen molar-refractivity contribution in [1.82, 2.24) is 14.9 Å². The lowest BCUT2D eigenvalue weighted by atomic mass is 9.94. The Hall–Kier alpha value is -2.50. The highest BCUT2D eigenvalue weighted by Crippen LogP contribution is 2.27. The van der Waals surface area contributed by atoms with Gasteiger partial charge in [0.2, 0.25) is 11.9 Å². The van der Waals surface area contributed by atoms with Crippen molar-refractivity contribution in [2.45, 2.75) is 25.8 Å². The molecular formula is C19H23FN4O. The van der Waals surface area contributed by atoms with E-state index in [-0.39, 0.29) is 23.7 Å². The molecule has 5 nitrogen and oxygen atoms in total. The number of hydrogen-bond donors (Lipinski definition) is 0. The van der Waals surface area contributed by atoms with Crippen LogP contribution in [-0.2, 0) is 4.79 Å². The zero-order valence-electron chi connectivity index (χ0n) is 14.6. The fourth-order valence-corrected chi connectivity index (χ4v) is 3.28. The fourth-order valence-electron chi connectivity index (χ4n) is 3.28. The Bertz CT molecular complexity index is 716. The number of aromatic nitrogens is 2. The van der Waals surface area contributed by atoms with Crippen LogP contribution in [0, 0.1) is 11.7 Å². The van der Waals surface area contributed by atoms with Crippen molar-refractivity contribution in [3.63, 3.8) is 0 Å². The van der Waals surface area contributed by atoms with Gasteiger partial charge in [0.05, 0.1) is 6.04 Å². The van der Waals surface area contributed by atoms with Gasteiger partial charge in [0.15, 0.2) is 0 Å². The molecule has 6 heteroatoms. The summed E-state index contributed by atoms with van der Waals surface area (Å²) in [4.78, 5) is 25.1. The van der Waals surface area contributed by atoms with Crippen LogP contribution in [0.25, 0.3) is 0 Å². The third kappa shape index (κ3) is 3.78. The van der Waals surface area contributed by atoms with Crippen LogP contribution in [0.5, 0.6) is 0 Å². The molecule has 1 atom stereocenters. The maximum absolute atomic E-state index is 14.0. The fraction of sp³-hybridized carbons (Fsp3) is 0.421. The molecule has 2 aromatic rings. The summed E-state index contributed by atoms with van der Waals surface area (Å²) in [5.41, 5.74) is 0.550. The molecule has 0 aliphatic carbocycles. The first kappa shape index (κ1) is 17.3. The van der Waals surface area contributed by atoms with Gasteiger partial charge in [-0.15, -0.1) is 0 Å². The Labute approximate surface area is 147 Å². The SMILES string of the molecule is CC(c1ccccc1F)N(C)C(=O)C1CCN(c2ncccn2)CC1. The lowest BCUT2D eigenvalue weighted by molar-refractivity contribution is -0.136. The minimum absolute atomic E-state index is 0.0424. The van der Waals surface area contributed by atoms with Gasteiger partial charge in [-0.25, -0.2) is 14.4 Å². The summed E-state index contributed by atoms with van der Waals surface area (Å²) in [5, 5.41) is 0. The second-order valence-electron chi connectivity index (χ2n) is 6.46. The maximum atomic E-state index is 14.0. The smallest absolute Gasteiger partial charge is 0.226 e. The summed E-state index contributed by atoms with van der Waals surface area (Å²) in [7, 11) is 1.76. The molecule has 1 unspecified atom stereocenters. The van der Waals surface area contributed by atoms with E-state index in [1.54, 1.807) is 48.6 Å². The predicted molar refractivity (Wildman–Crippen MR) is 94.6 cm³/mol. The summed E-state index contributed by atoms with van der Waals surface area (Å²) in [5.74, 6) is 0.468. The van der Waals surface area contributed by atoms with Crippen LogP contribution in [0.4, 0.5) is 10.3 Å². The molecule has 1 aliphatic rings. The van der Waals surface area contributed by atoms with Crippen molar-refractivity contribution in [2.75, 3.05) is 25.0 Å². The molecule has 25 heavy (non-hydrogen) atoms. The van der Waals surface area contributed by atoms with Crippen molar-refractivity contribution in [3.8, 4) is 0 Å². The van der Waals surface area contributed by atoms with E-state index >= 15 is 0 Å². The molecule has 0 spiro atoms. The molecule has 2 heterocycles. The van der Waals surface area contributed by atoms with Crippen molar-refractivity contribution in [2.24, 2.45) is 5.92 Å². The largest absolute Gasteiger partial charge is 0.341 e. The summed E-state index contributed by atoms with van der Waals surface area (Å²) in [6.07, 6.45) is 4.96. The molecule has 1 aromatic heterocycles. The first-order valence-electron chi connectivity index (χ1n) is 8.61. The van der Waals surface area contributed by atoms with Crippen molar-refractivity contribution < 1.29 is 9.18 Å². The molecule has 0 radical (unpaired) electrons. The van der Waals surface area contributed by atoms with Crippen LogP contribution in [0.3, 0.4) is 0 Å². The van der Waals surface area contributed by atoms with Crippen molar-refractivity contribution in [1.29, 1.82) is 0 Å². The van der Waals surface area contributed by atoms with Crippen molar-refractivity contribution >= 4 is 11.9 Å². The van der Waals surface area contributed by atoms with E-state index in [4.69, 9.17) is 0 Å². The molecule has 1 aliphatic heterocycles. The number of carbonyl (C=O) groups is 1. The van der Waals surface area contributed by atoms with Gasteiger partial charge in [-0.3, -0.25) is 4.79 Å². The van der Waals surface area contributed by atoms with E-state index in [9.17, 15) is 9.18 Å². The first-order valence-corrected chi connectivity index (χ1v) is 8.61. The van der Waals surface area contributed by atoms with Gasteiger partial charge < -0.3 is 9.80 Å². The quantitative estimate of drug-likeness (QED) is 0.857. The number of rotatable bonds is 4. The number of hydrogen-bond acceptors (Lipinski definition) is 4. The van der Waals surface area contributed by atoms with Gasteiger partial charge in [-0.05, 0) is 31.9 Å². The Morgan fingerprint density at radius 2 is 1.84 bits per heavy atom. The van der Waals surface area contributed by atoms with Crippen LogP contribution >= 0.6 is 0 Å². The van der Waals surface area contributed by atoms with E-state index in [0.717, 1.165) is 25.9 Å². The molecule has 0 bridgehead atoms. The van der Waals surface area contributed by atoms with Gasteiger partial charge in [0.1, 0.15) is 5.82 Å². The summed E-state index contributed by atoms with van der Waals surface area (Å²) < 4.78 is 14.0. The van der Waals surface area contributed by atoms with Gasteiger partial charge in [0, 0.05) is 44.0 Å². The lowest BCUT2D eigenvalue weighted by Gasteiger charge is -2.35. The van der Waals surface area contributed by atoms with E-state index < -0.39 is 0 Å². The highest BCUT2D eigenvalue weighted by atomic mass is 19.1. The van der Waals surface area contributed by atoms with E-state index in [2.05, 4.69) is 14.9 Å². The summed E-state index contributed by atoms with van der Waals surface area (Å²) in [6, 6.07) is 8.13. The normalized spacial score (nSPS) is 16.5. The topological polar surface area (TPSA) is 49.3 Å². The average molecular weight is 342 g/mol. The summed E-state index contributed by atoms with van der Waals surface area (Å²) >= 11 is 0. The average Bonchev–Trinajstić information content (AvgIpc) is 2.67. The third-order valence-electron chi connectivity index (χ3n) is 4.96. The lowest BCUT2D eigenvalue weighted by Crippen LogP contribution is -2.42. The minimum atomic E-state index is -0.288. The Balaban J connectivity index is 1.61. The molecule has 1 fully saturated rings. The molecule has 1 amide bonds. The molecule has 1 saturated heterocycles. The van der Waals surface area contributed by atoms with Gasteiger partial charge in [-0.2, -0.15) is 0 Å². The predicted octanol–water partition coefficient (Wildman–Crippen LogP) is 3.05. The third-order valence-corrected chi connectivity index (χ3v) is 4.96. The molecule has 132 valence electrons. The number of nitrogens with zero attached hydrogens (tertiary/aromatic N) is 4. The highest BCUT2D eigenvalue weighted by molar-refractivity contribution is 5.79. The van der Waals surface area contributed by atoms with Crippen LogP contribution in [0.15, 0.2) is 42.7 Å². The minimum Gasteiger partial charge on any atom is -0.341 e. The highest BCUT2D eigenvalue weighted by Gasteiger charge is 2.30. The van der Waals surface area contributed by atoms with E-state index in [0.29, 0.717) is 11.5 Å². The molecular weight excluding hydrogens is 319 g/mol. The number of halogens is 1. The number of amides is 1. The maximum Gasteiger partial charge on any atom is 0.226 e. The number of carbonyl (C=O) groups excluding carboxylic acids is 1. The second kappa shape index (κ2) is 7.59. The molecule has 0 N–H and O–H groups in total. The van der Waals surface area contributed by atoms with Gasteiger partial charge in [0.25, 0.3) is 0 Å². The molecule has 1 aromatic carbocycles. The monoisotopic (exact) mass is 342 g/mol. The summed E-state index contributed by atoms with van der Waals surface area (Å²) in [6.45, 7) is 3.37. The Kier molecular flexibility index (Phi) is 5.26. The van der Waals surface area contributed by atoms with Gasteiger partial charge in [-0.1, -0.05) is 18.2 Å². The number of piperidine rings is 1. The Morgan fingerprint density at radius 1 is 1.20 bits per heavy atom. The number of benzene rings is 1. The Morgan fingerprint density at radius 3 is 2.48 bits per heavy atom. The van der Waals surface area contributed by atoms with Crippen LogP contribution in [0.1, 0.15) is 31.4 Å². The van der Waals surface area contributed by atoms with Gasteiger partial charge >= 0.3 is 0 Å². The zero-order valence-corrected chi connectivity index (χ0v) is 14.6. The van der Waals surface area contributed by atoms with E-state index in [1.807, 2.05) is 6.92 Å². The van der Waals surface area contributed by atoms with Crippen LogP contribution < -0.4 is 4.90 Å². The molecule has 3 rings (SSSR count). The van der Waals surface area contributed by atoms with E-state index in [1.165, 1.54) is 6.07 Å². The zero-order chi connectivity index (χ0) is 17.8.